The minimum atomic E-state index is -1.26. The molecule has 0 radical (unpaired) electrons. The van der Waals surface area contributed by atoms with E-state index < -0.39 is 11.9 Å². The van der Waals surface area contributed by atoms with Gasteiger partial charge in [0, 0.05) is 30.6 Å². The highest BCUT2D eigenvalue weighted by atomic mass is 19.1. The fourth-order valence-corrected chi connectivity index (χ4v) is 5.13. The first kappa shape index (κ1) is 32.1. The third-order valence-corrected chi connectivity index (χ3v) is 7.25. The van der Waals surface area contributed by atoms with Crippen LogP contribution in [0.15, 0.2) is 53.1 Å². The van der Waals surface area contributed by atoms with Gasteiger partial charge in [-0.3, -0.25) is 4.90 Å². The molecule has 3 aromatic rings. The third kappa shape index (κ3) is 9.85. The molecular weight excluding hydrogens is 561 g/mol. The highest BCUT2D eigenvalue weighted by molar-refractivity contribution is 5.89. The summed E-state index contributed by atoms with van der Waals surface area (Å²) in [5, 5.41) is 21.1. The molecule has 1 aromatic heterocycles. The number of rotatable bonds is 11. The van der Waals surface area contributed by atoms with E-state index >= 15 is 0 Å². The molecule has 0 amide bonds. The van der Waals surface area contributed by atoms with Gasteiger partial charge in [0.05, 0.1) is 24.5 Å². The predicted molar refractivity (Wildman–Crippen MR) is 155 cm³/mol. The van der Waals surface area contributed by atoms with Crippen LogP contribution in [0.5, 0.6) is 11.5 Å². The Kier molecular flexibility index (Phi) is 11.6. The van der Waals surface area contributed by atoms with Crippen molar-refractivity contribution in [1.82, 2.24) is 15.0 Å². The number of halogens is 1. The average Bonchev–Trinajstić information content (AvgIpc) is 3.64. The van der Waals surface area contributed by atoms with Crippen molar-refractivity contribution < 1.29 is 42.9 Å². The molecule has 0 aliphatic carbocycles. The summed E-state index contributed by atoms with van der Waals surface area (Å²) in [6, 6.07) is 10.0. The number of benzene rings is 2. The fourth-order valence-electron chi connectivity index (χ4n) is 5.13. The maximum Gasteiger partial charge on any atom is 0.328 e. The maximum atomic E-state index is 13.3. The lowest BCUT2D eigenvalue weighted by molar-refractivity contribution is -0.134. The standard InChI is InChI=1S/C27H34FN3O4.C4H4O4/c1-30(2)17-23-25(34-21-6-4-20(28)5-7-21)10-8-22-24(29-35-27(22)23)9-3-19-11-13-31(14-12-19)18-26-32-15-16-33-26;5-3(6)1-2-4(7)8/h4-8,10,19,26H,3,9,11-18H2,1-2H3;1-2H,(H,5,6)(H,7,8)/b;2-1+. The normalized spacial score (nSPS) is 16.6. The van der Waals surface area contributed by atoms with E-state index in [1.54, 1.807) is 12.1 Å². The lowest BCUT2D eigenvalue weighted by atomic mass is 9.91. The molecule has 0 saturated carbocycles. The fraction of sp³-hybridized carbons (Fsp3) is 0.452. The first-order chi connectivity index (χ1) is 20.7. The molecule has 232 valence electrons. The van der Waals surface area contributed by atoms with E-state index in [1.807, 2.05) is 26.2 Å². The van der Waals surface area contributed by atoms with Crippen LogP contribution < -0.4 is 4.74 Å². The van der Waals surface area contributed by atoms with Crippen molar-refractivity contribution in [3.05, 3.63) is 65.6 Å². The van der Waals surface area contributed by atoms with Crippen LogP contribution in [0.1, 0.15) is 30.5 Å². The molecular formula is C31H38FN3O8. The van der Waals surface area contributed by atoms with Crippen molar-refractivity contribution in [3.8, 4) is 11.5 Å². The summed E-state index contributed by atoms with van der Waals surface area (Å²) < 4.78 is 36.4. The average molecular weight is 600 g/mol. The van der Waals surface area contributed by atoms with Gasteiger partial charge >= 0.3 is 11.9 Å². The molecule has 2 N–H and O–H groups in total. The molecule has 2 fully saturated rings. The molecule has 0 bridgehead atoms. The number of nitrogens with zero attached hydrogens (tertiary/aromatic N) is 3. The molecule has 3 heterocycles. The van der Waals surface area contributed by atoms with Gasteiger partial charge in [-0.05, 0) is 95.2 Å². The molecule has 5 rings (SSSR count). The van der Waals surface area contributed by atoms with E-state index in [-0.39, 0.29) is 12.1 Å². The molecule has 0 unspecified atom stereocenters. The highest BCUT2D eigenvalue weighted by Gasteiger charge is 2.25. The number of hydrogen-bond donors (Lipinski definition) is 2. The molecule has 0 spiro atoms. The van der Waals surface area contributed by atoms with Crippen LogP contribution in [0, 0.1) is 11.7 Å². The zero-order valence-corrected chi connectivity index (χ0v) is 24.4. The van der Waals surface area contributed by atoms with Crippen molar-refractivity contribution in [2.75, 3.05) is 46.9 Å². The number of ether oxygens (including phenoxy) is 3. The van der Waals surface area contributed by atoms with E-state index in [0.29, 0.717) is 49.3 Å². The predicted octanol–water partition coefficient (Wildman–Crippen LogP) is 4.55. The zero-order chi connectivity index (χ0) is 30.8. The van der Waals surface area contributed by atoms with Crippen molar-refractivity contribution in [3.63, 3.8) is 0 Å². The van der Waals surface area contributed by atoms with Gasteiger partial charge in [0.15, 0.2) is 11.9 Å². The Labute approximate surface area is 249 Å². The Hall–Kier alpha value is -3.84. The molecule has 2 aliphatic rings. The first-order valence-corrected chi connectivity index (χ1v) is 14.3. The van der Waals surface area contributed by atoms with Gasteiger partial charge in [-0.15, -0.1) is 0 Å². The van der Waals surface area contributed by atoms with E-state index in [4.69, 9.17) is 28.9 Å². The Morgan fingerprint density at radius 1 is 1.05 bits per heavy atom. The highest BCUT2D eigenvalue weighted by Crippen LogP contribution is 2.35. The van der Waals surface area contributed by atoms with Crippen LogP contribution in [0.3, 0.4) is 0 Å². The molecule has 12 heteroatoms. The van der Waals surface area contributed by atoms with Gasteiger partial charge in [0.1, 0.15) is 17.3 Å². The lowest BCUT2D eigenvalue weighted by Gasteiger charge is -2.32. The van der Waals surface area contributed by atoms with Gasteiger partial charge < -0.3 is 33.8 Å². The number of carbonyl (C=O) groups is 2. The Morgan fingerprint density at radius 2 is 1.70 bits per heavy atom. The van der Waals surface area contributed by atoms with Gasteiger partial charge in [-0.2, -0.15) is 0 Å². The minimum absolute atomic E-state index is 0.0543. The second kappa shape index (κ2) is 15.6. The molecule has 2 aromatic carbocycles. The number of carboxylic acid groups (broad SMARTS) is 2. The number of likely N-dealkylation sites (tertiary alicyclic amines) is 1. The number of aryl methyl sites for hydroxylation is 1. The monoisotopic (exact) mass is 599 g/mol. The second-order valence-electron chi connectivity index (χ2n) is 10.8. The van der Waals surface area contributed by atoms with Crippen LogP contribution in [0.4, 0.5) is 4.39 Å². The summed E-state index contributed by atoms with van der Waals surface area (Å²) in [5.74, 6) is -0.833. The third-order valence-electron chi connectivity index (χ3n) is 7.25. The number of piperidine rings is 1. The van der Waals surface area contributed by atoms with Crippen molar-refractivity contribution >= 4 is 22.9 Å². The van der Waals surface area contributed by atoms with E-state index in [2.05, 4.69) is 15.0 Å². The smallest absolute Gasteiger partial charge is 0.328 e. The molecule has 2 saturated heterocycles. The van der Waals surface area contributed by atoms with Crippen LogP contribution in [-0.4, -0.2) is 90.3 Å². The van der Waals surface area contributed by atoms with Gasteiger partial charge in [0.25, 0.3) is 0 Å². The number of fused-ring (bicyclic) bond motifs is 1. The Balaban J connectivity index is 0.000000467. The summed E-state index contributed by atoms with van der Waals surface area (Å²) >= 11 is 0. The van der Waals surface area contributed by atoms with Crippen LogP contribution in [0.25, 0.3) is 11.0 Å². The summed E-state index contributed by atoms with van der Waals surface area (Å²) in [4.78, 5) is 23.6. The van der Waals surface area contributed by atoms with Crippen molar-refractivity contribution in [2.45, 2.75) is 38.5 Å². The summed E-state index contributed by atoms with van der Waals surface area (Å²) in [6.45, 7) is 5.12. The minimum Gasteiger partial charge on any atom is -0.478 e. The quantitative estimate of drug-likeness (QED) is 0.301. The van der Waals surface area contributed by atoms with Crippen LogP contribution in [-0.2, 0) is 32.0 Å². The number of aromatic nitrogens is 1. The van der Waals surface area contributed by atoms with E-state index in [0.717, 1.165) is 54.7 Å². The largest absolute Gasteiger partial charge is 0.478 e. The second-order valence-corrected chi connectivity index (χ2v) is 10.8. The molecule has 11 nitrogen and oxygen atoms in total. The van der Waals surface area contributed by atoms with Crippen molar-refractivity contribution in [1.29, 1.82) is 0 Å². The first-order valence-electron chi connectivity index (χ1n) is 14.3. The SMILES string of the molecule is CN(C)Cc1c(Oc2ccc(F)cc2)ccc2c(CCC3CCN(CC4OCCO4)CC3)noc12.O=C(O)/C=C/C(=O)O. The van der Waals surface area contributed by atoms with Gasteiger partial charge in [-0.25, -0.2) is 14.0 Å². The van der Waals surface area contributed by atoms with Crippen LogP contribution >= 0.6 is 0 Å². The maximum absolute atomic E-state index is 13.3. The summed E-state index contributed by atoms with van der Waals surface area (Å²) in [5.41, 5.74) is 2.71. The van der Waals surface area contributed by atoms with Crippen molar-refractivity contribution in [2.24, 2.45) is 5.92 Å². The number of hydrogen-bond acceptors (Lipinski definition) is 9. The topological polar surface area (TPSA) is 135 Å². The molecule has 2 aliphatic heterocycles. The number of aliphatic carboxylic acids is 2. The molecule has 43 heavy (non-hydrogen) atoms. The Morgan fingerprint density at radius 3 is 2.30 bits per heavy atom. The number of carboxylic acids is 2. The van der Waals surface area contributed by atoms with E-state index in [9.17, 15) is 14.0 Å². The summed E-state index contributed by atoms with van der Waals surface area (Å²) in [6.07, 6.45) is 5.43. The molecule has 0 atom stereocenters. The zero-order valence-electron chi connectivity index (χ0n) is 24.4. The lowest BCUT2D eigenvalue weighted by Crippen LogP contribution is -2.39. The summed E-state index contributed by atoms with van der Waals surface area (Å²) in [7, 11) is 4.02. The van der Waals surface area contributed by atoms with Gasteiger partial charge in [-0.1, -0.05) is 5.16 Å². The van der Waals surface area contributed by atoms with Gasteiger partial charge in [0.2, 0.25) is 0 Å². The van der Waals surface area contributed by atoms with E-state index in [1.165, 1.54) is 25.0 Å². The Bertz CT molecular complexity index is 1360. The van der Waals surface area contributed by atoms with Crippen LogP contribution in [0.2, 0.25) is 0 Å².